The number of rotatable bonds is 6. The first-order valence-corrected chi connectivity index (χ1v) is 12.9. The molecule has 2 amide bonds. The van der Waals surface area contributed by atoms with E-state index in [9.17, 15) is 9.59 Å². The first-order valence-electron chi connectivity index (χ1n) is 11.3. The van der Waals surface area contributed by atoms with Crippen molar-refractivity contribution in [2.45, 2.75) is 13.8 Å². The molecule has 178 valence electrons. The molecule has 0 saturated carbocycles. The van der Waals surface area contributed by atoms with Crippen LogP contribution in [0.5, 0.6) is 0 Å². The van der Waals surface area contributed by atoms with Crippen molar-refractivity contribution in [3.8, 4) is 22.5 Å². The molecule has 2 aromatic heterocycles. The van der Waals surface area contributed by atoms with Crippen LogP contribution in [0.15, 0.2) is 84.9 Å². The molecule has 0 spiro atoms. The summed E-state index contributed by atoms with van der Waals surface area (Å²) in [5, 5.41) is 6.74. The minimum atomic E-state index is -0.325. The van der Waals surface area contributed by atoms with Crippen LogP contribution in [-0.2, 0) is 0 Å². The molecule has 3 aromatic carbocycles. The Morgan fingerprint density at radius 3 is 1.44 bits per heavy atom. The Balaban J connectivity index is 1.30. The van der Waals surface area contributed by atoms with E-state index in [1.54, 1.807) is 24.3 Å². The van der Waals surface area contributed by atoms with Gasteiger partial charge in [0.25, 0.3) is 11.8 Å². The third kappa shape index (κ3) is 5.10. The summed E-state index contributed by atoms with van der Waals surface area (Å²) in [7, 11) is 0. The highest BCUT2D eigenvalue weighted by atomic mass is 32.1. The molecule has 5 aromatic rings. The minimum Gasteiger partial charge on any atom is -0.298 e. The van der Waals surface area contributed by atoms with E-state index in [1.165, 1.54) is 22.7 Å². The third-order valence-electron chi connectivity index (χ3n) is 5.52. The Morgan fingerprint density at radius 1 is 0.611 bits per heavy atom. The van der Waals surface area contributed by atoms with Gasteiger partial charge in [-0.1, -0.05) is 66.7 Å². The van der Waals surface area contributed by atoms with Gasteiger partial charge in [-0.2, -0.15) is 0 Å². The maximum atomic E-state index is 12.9. The van der Waals surface area contributed by atoms with Gasteiger partial charge in [-0.3, -0.25) is 20.2 Å². The number of thiazole rings is 2. The van der Waals surface area contributed by atoms with Gasteiger partial charge in [-0.05, 0) is 32.0 Å². The normalized spacial score (nSPS) is 10.7. The number of benzene rings is 3. The molecule has 0 bridgehead atoms. The van der Waals surface area contributed by atoms with Crippen molar-refractivity contribution < 1.29 is 9.59 Å². The molecule has 0 fully saturated rings. The summed E-state index contributed by atoms with van der Waals surface area (Å²) in [5.41, 5.74) is 4.43. The fourth-order valence-electron chi connectivity index (χ4n) is 3.77. The predicted molar refractivity (Wildman–Crippen MR) is 147 cm³/mol. The molecule has 0 radical (unpaired) electrons. The lowest BCUT2D eigenvalue weighted by molar-refractivity contribution is 0.102. The van der Waals surface area contributed by atoms with E-state index in [4.69, 9.17) is 0 Å². The van der Waals surface area contributed by atoms with Crippen LogP contribution in [0.2, 0.25) is 0 Å². The average Bonchev–Trinajstić information content (AvgIpc) is 3.46. The maximum absolute atomic E-state index is 12.9. The summed E-state index contributed by atoms with van der Waals surface area (Å²) < 4.78 is 0. The Hall–Kier alpha value is -4.14. The number of nitrogens with zero attached hydrogens (tertiary/aromatic N) is 2. The van der Waals surface area contributed by atoms with Gasteiger partial charge in [-0.25, -0.2) is 9.97 Å². The van der Waals surface area contributed by atoms with E-state index in [-0.39, 0.29) is 11.8 Å². The fraction of sp³-hybridized carbons (Fsp3) is 0.0714. The van der Waals surface area contributed by atoms with Crippen LogP contribution in [-0.4, -0.2) is 21.8 Å². The van der Waals surface area contributed by atoms with Crippen LogP contribution in [0, 0.1) is 13.8 Å². The molecule has 0 aliphatic heterocycles. The van der Waals surface area contributed by atoms with E-state index in [1.807, 2.05) is 74.5 Å². The summed E-state index contributed by atoms with van der Waals surface area (Å²) >= 11 is 2.83. The zero-order chi connectivity index (χ0) is 25.1. The predicted octanol–water partition coefficient (Wildman–Crippen LogP) is 7.06. The number of hydrogen-bond donors (Lipinski definition) is 2. The molecule has 0 aliphatic rings. The zero-order valence-corrected chi connectivity index (χ0v) is 21.2. The second kappa shape index (κ2) is 10.2. The van der Waals surface area contributed by atoms with Gasteiger partial charge < -0.3 is 0 Å². The van der Waals surface area contributed by atoms with E-state index in [0.717, 1.165) is 32.3 Å². The van der Waals surface area contributed by atoms with E-state index < -0.39 is 0 Å². The van der Waals surface area contributed by atoms with E-state index >= 15 is 0 Å². The molecule has 8 heteroatoms. The van der Waals surface area contributed by atoms with E-state index in [0.29, 0.717) is 21.4 Å². The molecule has 36 heavy (non-hydrogen) atoms. The Morgan fingerprint density at radius 2 is 1.03 bits per heavy atom. The minimum absolute atomic E-state index is 0.325. The number of hydrogen-bond acceptors (Lipinski definition) is 6. The molecule has 0 saturated heterocycles. The number of carbonyl (C=O) groups is 2. The van der Waals surface area contributed by atoms with Gasteiger partial charge in [0.1, 0.15) is 0 Å². The number of aryl methyl sites for hydroxylation is 2. The topological polar surface area (TPSA) is 84.0 Å². The number of carbonyl (C=O) groups excluding carboxylic acids is 2. The van der Waals surface area contributed by atoms with Crippen LogP contribution in [0.4, 0.5) is 10.3 Å². The largest absolute Gasteiger partial charge is 0.298 e. The summed E-state index contributed by atoms with van der Waals surface area (Å²) in [6.45, 7) is 3.95. The van der Waals surface area contributed by atoms with E-state index in [2.05, 4.69) is 20.6 Å². The smallest absolute Gasteiger partial charge is 0.257 e. The second-order valence-electron chi connectivity index (χ2n) is 8.07. The highest BCUT2D eigenvalue weighted by molar-refractivity contribution is 7.16. The lowest BCUT2D eigenvalue weighted by atomic mass is 10.1. The average molecular weight is 511 g/mol. The van der Waals surface area contributed by atoms with Gasteiger partial charge in [-0.15, -0.1) is 22.7 Å². The van der Waals surface area contributed by atoms with Crippen molar-refractivity contribution in [2.24, 2.45) is 0 Å². The van der Waals surface area contributed by atoms with Crippen LogP contribution < -0.4 is 10.6 Å². The Labute approximate surface area is 216 Å². The lowest BCUT2D eigenvalue weighted by Gasteiger charge is -2.05. The Bertz CT molecular complexity index is 1430. The summed E-state index contributed by atoms with van der Waals surface area (Å²) in [6, 6.07) is 26.3. The van der Waals surface area contributed by atoms with Crippen molar-refractivity contribution in [1.82, 2.24) is 9.97 Å². The van der Waals surface area contributed by atoms with Gasteiger partial charge >= 0.3 is 0 Å². The molecule has 6 nitrogen and oxygen atoms in total. The van der Waals surface area contributed by atoms with Gasteiger partial charge in [0.2, 0.25) is 0 Å². The maximum Gasteiger partial charge on any atom is 0.257 e. The molecule has 0 unspecified atom stereocenters. The SMILES string of the molecule is Cc1sc(NC(=O)c2cccc(C(=O)Nc3nc(-c4ccccc4)c(C)s3)c2)nc1-c1ccccc1. The van der Waals surface area contributed by atoms with Crippen molar-refractivity contribution in [3.63, 3.8) is 0 Å². The number of amides is 2. The number of nitrogens with one attached hydrogen (secondary N) is 2. The molecule has 5 rings (SSSR count). The van der Waals surface area contributed by atoms with Gasteiger partial charge in [0, 0.05) is 32.0 Å². The zero-order valence-electron chi connectivity index (χ0n) is 19.6. The molecule has 0 aliphatic carbocycles. The van der Waals surface area contributed by atoms with Crippen molar-refractivity contribution in [2.75, 3.05) is 10.6 Å². The quantitative estimate of drug-likeness (QED) is 0.256. The van der Waals surface area contributed by atoms with Crippen molar-refractivity contribution in [3.05, 3.63) is 106 Å². The highest BCUT2D eigenvalue weighted by Gasteiger charge is 2.16. The molecular weight excluding hydrogens is 488 g/mol. The van der Waals surface area contributed by atoms with Crippen LogP contribution >= 0.6 is 22.7 Å². The molecule has 2 heterocycles. The third-order valence-corrected chi connectivity index (χ3v) is 7.29. The fourth-order valence-corrected chi connectivity index (χ4v) is 5.43. The number of anilines is 2. The standard InChI is InChI=1S/C28H22N4O2S2/c1-17-23(19-10-5-3-6-11-19)29-27(35-17)31-25(33)21-14-9-15-22(16-21)26(34)32-28-30-24(18(2)36-28)20-12-7-4-8-13-20/h3-16H,1-2H3,(H,29,31,33)(H,30,32,34). The first-order chi connectivity index (χ1) is 17.5. The molecular formula is C28H22N4O2S2. The molecule has 0 atom stereocenters. The summed E-state index contributed by atoms with van der Waals surface area (Å²) in [4.78, 5) is 37.1. The van der Waals surface area contributed by atoms with Gasteiger partial charge in [0.15, 0.2) is 10.3 Å². The van der Waals surface area contributed by atoms with Crippen molar-refractivity contribution >= 4 is 44.8 Å². The highest BCUT2D eigenvalue weighted by Crippen LogP contribution is 2.31. The first kappa shape index (κ1) is 23.6. The Kier molecular flexibility index (Phi) is 6.71. The van der Waals surface area contributed by atoms with Crippen molar-refractivity contribution in [1.29, 1.82) is 0 Å². The summed E-state index contributed by atoms with van der Waals surface area (Å²) in [6.07, 6.45) is 0. The number of aromatic nitrogens is 2. The van der Waals surface area contributed by atoms with Crippen LogP contribution in [0.3, 0.4) is 0 Å². The monoisotopic (exact) mass is 510 g/mol. The van der Waals surface area contributed by atoms with Crippen LogP contribution in [0.25, 0.3) is 22.5 Å². The second-order valence-corrected chi connectivity index (χ2v) is 10.5. The van der Waals surface area contributed by atoms with Crippen LogP contribution in [0.1, 0.15) is 30.5 Å². The molecule has 2 N–H and O–H groups in total. The lowest BCUT2D eigenvalue weighted by Crippen LogP contribution is -2.15. The summed E-state index contributed by atoms with van der Waals surface area (Å²) in [5.74, 6) is -0.649. The van der Waals surface area contributed by atoms with Gasteiger partial charge in [0.05, 0.1) is 11.4 Å².